The standard InChI is InChI=1S/C22H21NO6/c1-15-5-6-16(14-19(15)23-21(24)20-4-3-11-28-20)22(25)29-13-12-27-18-9-7-17(26-2)8-10-18/h3-11,14H,12-13H2,1-2H3,(H,23,24). The van der Waals surface area contributed by atoms with Gasteiger partial charge in [0.05, 0.1) is 18.9 Å². The van der Waals surface area contributed by atoms with Crippen LogP contribution in [-0.2, 0) is 4.74 Å². The van der Waals surface area contributed by atoms with Gasteiger partial charge in [0, 0.05) is 5.69 Å². The lowest BCUT2D eigenvalue weighted by Gasteiger charge is -2.11. The van der Waals surface area contributed by atoms with Gasteiger partial charge < -0.3 is 23.9 Å². The van der Waals surface area contributed by atoms with Crippen LogP contribution in [0.25, 0.3) is 0 Å². The molecular weight excluding hydrogens is 374 g/mol. The van der Waals surface area contributed by atoms with Gasteiger partial charge in [-0.25, -0.2) is 4.79 Å². The number of carbonyl (C=O) groups excluding carboxylic acids is 2. The summed E-state index contributed by atoms with van der Waals surface area (Å²) >= 11 is 0. The van der Waals surface area contributed by atoms with Crippen molar-refractivity contribution in [3.05, 3.63) is 77.7 Å². The molecule has 7 heteroatoms. The highest BCUT2D eigenvalue weighted by Crippen LogP contribution is 2.19. The second-order valence-corrected chi connectivity index (χ2v) is 6.12. The van der Waals surface area contributed by atoms with Crippen LogP contribution in [0.3, 0.4) is 0 Å². The highest BCUT2D eigenvalue weighted by atomic mass is 16.6. The predicted molar refractivity (Wildman–Crippen MR) is 107 cm³/mol. The lowest BCUT2D eigenvalue weighted by molar-refractivity contribution is 0.0450. The first-order valence-electron chi connectivity index (χ1n) is 8.96. The molecule has 0 fully saturated rings. The number of methoxy groups -OCH3 is 1. The second-order valence-electron chi connectivity index (χ2n) is 6.12. The van der Waals surface area contributed by atoms with E-state index in [4.69, 9.17) is 18.6 Å². The molecule has 0 unspecified atom stereocenters. The molecule has 150 valence electrons. The van der Waals surface area contributed by atoms with Gasteiger partial charge >= 0.3 is 5.97 Å². The van der Waals surface area contributed by atoms with Crippen molar-refractivity contribution in [2.45, 2.75) is 6.92 Å². The normalized spacial score (nSPS) is 10.3. The number of nitrogens with one attached hydrogen (secondary N) is 1. The minimum Gasteiger partial charge on any atom is -0.497 e. The van der Waals surface area contributed by atoms with Gasteiger partial charge in [-0.2, -0.15) is 0 Å². The van der Waals surface area contributed by atoms with Crippen molar-refractivity contribution in [1.82, 2.24) is 0 Å². The van der Waals surface area contributed by atoms with E-state index in [9.17, 15) is 9.59 Å². The molecule has 0 saturated carbocycles. The fraction of sp³-hybridized carbons (Fsp3) is 0.182. The second kappa shape index (κ2) is 9.45. The zero-order valence-electron chi connectivity index (χ0n) is 16.1. The third-order valence-corrected chi connectivity index (χ3v) is 4.11. The highest BCUT2D eigenvalue weighted by Gasteiger charge is 2.14. The molecule has 7 nitrogen and oxygen atoms in total. The third kappa shape index (κ3) is 5.38. The number of ether oxygens (including phenoxy) is 3. The van der Waals surface area contributed by atoms with Crippen molar-refractivity contribution >= 4 is 17.6 Å². The number of anilines is 1. The van der Waals surface area contributed by atoms with E-state index in [1.807, 2.05) is 6.92 Å². The number of esters is 1. The van der Waals surface area contributed by atoms with Gasteiger partial charge in [-0.1, -0.05) is 6.07 Å². The van der Waals surface area contributed by atoms with E-state index >= 15 is 0 Å². The molecule has 2 aromatic carbocycles. The summed E-state index contributed by atoms with van der Waals surface area (Å²) in [5, 5.41) is 2.73. The van der Waals surface area contributed by atoms with Gasteiger partial charge in [0.25, 0.3) is 5.91 Å². The van der Waals surface area contributed by atoms with Crippen molar-refractivity contribution in [3.8, 4) is 11.5 Å². The van der Waals surface area contributed by atoms with Crippen LogP contribution in [0.15, 0.2) is 65.3 Å². The zero-order chi connectivity index (χ0) is 20.6. The molecule has 0 aliphatic heterocycles. The molecule has 0 spiro atoms. The molecular formula is C22H21NO6. The molecule has 3 aromatic rings. The maximum absolute atomic E-state index is 12.3. The summed E-state index contributed by atoms with van der Waals surface area (Å²) in [6.07, 6.45) is 1.42. The molecule has 0 radical (unpaired) electrons. The molecule has 1 aromatic heterocycles. The van der Waals surface area contributed by atoms with Crippen molar-refractivity contribution in [2.24, 2.45) is 0 Å². The Morgan fingerprint density at radius 2 is 1.76 bits per heavy atom. The average Bonchev–Trinajstić information content (AvgIpc) is 3.28. The molecule has 0 bridgehead atoms. The molecule has 29 heavy (non-hydrogen) atoms. The van der Waals surface area contributed by atoms with Crippen LogP contribution in [0.2, 0.25) is 0 Å². The first kappa shape index (κ1) is 20.0. The van der Waals surface area contributed by atoms with Crippen molar-refractivity contribution in [3.63, 3.8) is 0 Å². The van der Waals surface area contributed by atoms with E-state index in [0.717, 1.165) is 11.3 Å². The molecule has 3 rings (SSSR count). The molecule has 1 heterocycles. The van der Waals surface area contributed by atoms with Crippen molar-refractivity contribution < 1.29 is 28.2 Å². The summed E-state index contributed by atoms with van der Waals surface area (Å²) in [5.41, 5.74) is 1.65. The van der Waals surface area contributed by atoms with Gasteiger partial charge in [0.2, 0.25) is 0 Å². The number of hydrogen-bond donors (Lipinski definition) is 1. The zero-order valence-corrected chi connectivity index (χ0v) is 16.1. The monoisotopic (exact) mass is 395 g/mol. The Kier molecular flexibility index (Phi) is 6.52. The van der Waals surface area contributed by atoms with Gasteiger partial charge in [0.15, 0.2) is 5.76 Å². The number of hydrogen-bond acceptors (Lipinski definition) is 6. The largest absolute Gasteiger partial charge is 0.497 e. The fourth-order valence-electron chi connectivity index (χ4n) is 2.52. The fourth-order valence-corrected chi connectivity index (χ4v) is 2.52. The number of amides is 1. The highest BCUT2D eigenvalue weighted by molar-refractivity contribution is 6.03. The molecule has 0 aliphatic rings. The van der Waals surface area contributed by atoms with E-state index in [1.54, 1.807) is 61.7 Å². The number of benzene rings is 2. The SMILES string of the molecule is COc1ccc(OCCOC(=O)c2ccc(C)c(NC(=O)c3ccco3)c2)cc1. The maximum atomic E-state index is 12.3. The van der Waals surface area contributed by atoms with E-state index in [-0.39, 0.29) is 19.0 Å². The van der Waals surface area contributed by atoms with Gasteiger partial charge in [-0.3, -0.25) is 4.79 Å². The Hall–Kier alpha value is -3.74. The maximum Gasteiger partial charge on any atom is 0.338 e. The summed E-state index contributed by atoms with van der Waals surface area (Å²) in [5.74, 6) is 0.680. The number of rotatable bonds is 8. The van der Waals surface area contributed by atoms with E-state index in [2.05, 4.69) is 5.32 Å². The summed E-state index contributed by atoms with van der Waals surface area (Å²) < 4.78 is 20.9. The van der Waals surface area contributed by atoms with E-state index in [1.165, 1.54) is 6.26 Å². The van der Waals surface area contributed by atoms with Gasteiger partial charge in [-0.05, 0) is 61.0 Å². The van der Waals surface area contributed by atoms with E-state index < -0.39 is 11.9 Å². The Labute approximate surface area is 168 Å². The summed E-state index contributed by atoms with van der Waals surface area (Å²) in [7, 11) is 1.59. The summed E-state index contributed by atoms with van der Waals surface area (Å²) in [6, 6.07) is 15.3. The van der Waals surface area contributed by atoms with Crippen LogP contribution < -0.4 is 14.8 Å². The molecule has 1 amide bonds. The van der Waals surface area contributed by atoms with Gasteiger partial charge in [-0.15, -0.1) is 0 Å². The molecule has 0 aliphatic carbocycles. The first-order valence-corrected chi connectivity index (χ1v) is 8.96. The van der Waals surface area contributed by atoms with Crippen molar-refractivity contribution in [1.29, 1.82) is 0 Å². The lowest BCUT2D eigenvalue weighted by atomic mass is 10.1. The molecule has 0 saturated heterocycles. The Morgan fingerprint density at radius 1 is 1.00 bits per heavy atom. The quantitative estimate of drug-likeness (QED) is 0.457. The third-order valence-electron chi connectivity index (χ3n) is 4.11. The van der Waals surface area contributed by atoms with Crippen LogP contribution in [0.1, 0.15) is 26.5 Å². The average molecular weight is 395 g/mol. The Morgan fingerprint density at radius 3 is 2.45 bits per heavy atom. The van der Waals surface area contributed by atoms with Crippen LogP contribution >= 0.6 is 0 Å². The Balaban J connectivity index is 1.52. The van der Waals surface area contributed by atoms with Crippen LogP contribution in [0.5, 0.6) is 11.5 Å². The topological polar surface area (TPSA) is 87.0 Å². The number of aryl methyl sites for hydroxylation is 1. The van der Waals surface area contributed by atoms with E-state index in [0.29, 0.717) is 17.0 Å². The smallest absolute Gasteiger partial charge is 0.338 e. The number of carbonyl (C=O) groups is 2. The Bertz CT molecular complexity index is 963. The summed E-state index contributed by atoms with van der Waals surface area (Å²) in [4.78, 5) is 24.4. The van der Waals surface area contributed by atoms with Crippen LogP contribution in [-0.4, -0.2) is 32.2 Å². The molecule has 0 atom stereocenters. The lowest BCUT2D eigenvalue weighted by Crippen LogP contribution is -2.14. The predicted octanol–water partition coefficient (Wildman–Crippen LogP) is 4.08. The first-order chi connectivity index (χ1) is 14.1. The van der Waals surface area contributed by atoms with Crippen LogP contribution in [0, 0.1) is 6.92 Å². The molecule has 1 N–H and O–H groups in total. The van der Waals surface area contributed by atoms with Gasteiger partial charge in [0.1, 0.15) is 24.7 Å². The van der Waals surface area contributed by atoms with Crippen LogP contribution in [0.4, 0.5) is 5.69 Å². The minimum atomic E-state index is -0.503. The van der Waals surface area contributed by atoms with Crippen molar-refractivity contribution in [2.75, 3.05) is 25.6 Å². The minimum absolute atomic E-state index is 0.0901. The summed E-state index contributed by atoms with van der Waals surface area (Å²) in [6.45, 7) is 2.13. The number of furan rings is 1.